The molecule has 0 saturated carbocycles. The molecule has 3 N–H and O–H groups in total. The zero-order valence-electron chi connectivity index (χ0n) is 11.1. The number of primary sulfonamides is 1. The second-order valence-corrected chi connectivity index (χ2v) is 6.33. The first-order valence-corrected chi connectivity index (χ1v) is 7.69. The van der Waals surface area contributed by atoms with E-state index >= 15 is 0 Å². The first kappa shape index (κ1) is 15.8. The number of carbonyl (C=O) groups is 1. The molecule has 0 aliphatic carbocycles. The summed E-state index contributed by atoms with van der Waals surface area (Å²) in [5, 5.41) is 6.92. The molecule has 1 aliphatic rings. The van der Waals surface area contributed by atoms with Gasteiger partial charge in [-0.1, -0.05) is 0 Å². The lowest BCUT2D eigenvalue weighted by molar-refractivity contribution is -0.121. The van der Waals surface area contributed by atoms with E-state index in [1.54, 1.807) is 6.92 Å². The topological polar surface area (TPSA) is 98.5 Å². The Balaban J connectivity index is 2.27. The predicted molar refractivity (Wildman–Crippen MR) is 69.9 cm³/mol. The Morgan fingerprint density at radius 1 is 1.38 bits per heavy atom. The van der Waals surface area contributed by atoms with Gasteiger partial charge in [-0.3, -0.25) is 4.79 Å². The van der Waals surface area contributed by atoms with Gasteiger partial charge in [0.1, 0.15) is 5.69 Å². The number of amides is 1. The molecular weight excluding hydrogens is 306 g/mol. The van der Waals surface area contributed by atoms with Crippen LogP contribution in [0.2, 0.25) is 0 Å². The summed E-state index contributed by atoms with van der Waals surface area (Å²) in [4.78, 5) is 11.2. The highest BCUT2D eigenvalue weighted by atomic mass is 32.2. The number of nitrogens with one attached hydrogen (secondary N) is 1. The average Bonchev–Trinajstić information content (AvgIpc) is 2.78. The third-order valence-electron chi connectivity index (χ3n) is 3.31. The molecule has 0 radical (unpaired) electrons. The second-order valence-electron chi connectivity index (χ2n) is 4.77. The van der Waals surface area contributed by atoms with Crippen molar-refractivity contribution in [2.75, 3.05) is 11.9 Å². The minimum Gasteiger partial charge on any atom is -0.378 e. The first-order valence-electron chi connectivity index (χ1n) is 6.14. The van der Waals surface area contributed by atoms with Crippen molar-refractivity contribution in [3.05, 3.63) is 23.8 Å². The summed E-state index contributed by atoms with van der Waals surface area (Å²) in [5.41, 5.74) is -0.702. The smallest absolute Gasteiger partial charge is 0.238 e. The van der Waals surface area contributed by atoms with Crippen LogP contribution in [-0.2, 0) is 19.6 Å². The number of rotatable bonds is 3. The van der Waals surface area contributed by atoms with E-state index in [9.17, 15) is 22.0 Å². The van der Waals surface area contributed by atoms with Crippen LogP contribution >= 0.6 is 0 Å². The zero-order valence-corrected chi connectivity index (χ0v) is 11.9. The predicted octanol–water partition coefficient (Wildman–Crippen LogP) is 0.976. The lowest BCUT2D eigenvalue weighted by atomic mass is 10.0. The third kappa shape index (κ3) is 3.36. The molecule has 1 amide bonds. The Morgan fingerprint density at radius 3 is 2.38 bits per heavy atom. The monoisotopic (exact) mass is 320 g/mol. The molecule has 2 atom stereocenters. The summed E-state index contributed by atoms with van der Waals surface area (Å²) < 4.78 is 54.9. The summed E-state index contributed by atoms with van der Waals surface area (Å²) in [6.45, 7) is 2.09. The Morgan fingerprint density at radius 2 is 1.95 bits per heavy atom. The standard InChI is InChI=1S/C12H14F2N2O4S/c1-6-8(2-3-20-6)12(17)16-11-9(13)4-7(5-10(11)14)21(15,18)19/h4-6,8H,2-3H2,1H3,(H,16,17)(H2,15,18,19). The van der Waals surface area contributed by atoms with Gasteiger partial charge >= 0.3 is 0 Å². The minimum absolute atomic E-state index is 0.347. The van der Waals surface area contributed by atoms with Crippen molar-refractivity contribution in [3.8, 4) is 0 Å². The van der Waals surface area contributed by atoms with Crippen LogP contribution in [0.4, 0.5) is 14.5 Å². The number of halogens is 2. The van der Waals surface area contributed by atoms with Gasteiger partial charge in [-0.05, 0) is 25.5 Å². The molecule has 9 heteroatoms. The van der Waals surface area contributed by atoms with Gasteiger partial charge in [0, 0.05) is 6.61 Å². The van der Waals surface area contributed by atoms with Crippen molar-refractivity contribution in [1.29, 1.82) is 0 Å². The molecule has 2 unspecified atom stereocenters. The van der Waals surface area contributed by atoms with Crippen molar-refractivity contribution in [3.63, 3.8) is 0 Å². The molecule has 116 valence electrons. The Hall–Kier alpha value is -1.58. The van der Waals surface area contributed by atoms with Crippen LogP contribution in [-0.4, -0.2) is 27.0 Å². The summed E-state index contributed by atoms with van der Waals surface area (Å²) in [5.74, 6) is -3.51. The molecule has 1 fully saturated rings. The fourth-order valence-electron chi connectivity index (χ4n) is 2.13. The average molecular weight is 320 g/mol. The van der Waals surface area contributed by atoms with Gasteiger partial charge in [-0.2, -0.15) is 0 Å². The first-order chi connectivity index (χ1) is 9.70. The maximum atomic E-state index is 13.8. The van der Waals surface area contributed by atoms with E-state index in [-0.39, 0.29) is 6.10 Å². The molecule has 0 aromatic heterocycles. The fraction of sp³-hybridized carbons (Fsp3) is 0.417. The van der Waals surface area contributed by atoms with E-state index < -0.39 is 44.1 Å². The van der Waals surface area contributed by atoms with Gasteiger partial charge in [0.2, 0.25) is 15.9 Å². The van der Waals surface area contributed by atoms with Crippen LogP contribution < -0.4 is 10.5 Å². The molecule has 1 aliphatic heterocycles. The van der Waals surface area contributed by atoms with E-state index in [0.29, 0.717) is 25.2 Å². The van der Waals surface area contributed by atoms with Crippen molar-refractivity contribution >= 4 is 21.6 Å². The second kappa shape index (κ2) is 5.66. The highest BCUT2D eigenvalue weighted by Gasteiger charge is 2.31. The van der Waals surface area contributed by atoms with Gasteiger partial charge in [0.25, 0.3) is 0 Å². The summed E-state index contributed by atoms with van der Waals surface area (Å²) in [7, 11) is -4.23. The number of nitrogens with two attached hydrogens (primary N) is 1. The third-order valence-corrected chi connectivity index (χ3v) is 4.20. The molecule has 6 nitrogen and oxygen atoms in total. The van der Waals surface area contributed by atoms with Crippen molar-refractivity contribution in [1.82, 2.24) is 0 Å². The molecule has 1 aromatic carbocycles. The summed E-state index contributed by atoms with van der Waals surface area (Å²) in [6, 6.07) is 1.12. The number of benzene rings is 1. The van der Waals surface area contributed by atoms with Gasteiger partial charge in [0.15, 0.2) is 11.6 Å². The molecule has 0 spiro atoms. The summed E-state index contributed by atoms with van der Waals surface area (Å²) >= 11 is 0. The van der Waals surface area contributed by atoms with Crippen molar-refractivity contribution in [2.24, 2.45) is 11.1 Å². The number of anilines is 1. The van der Waals surface area contributed by atoms with Crippen LogP contribution in [0.15, 0.2) is 17.0 Å². The van der Waals surface area contributed by atoms with E-state index in [4.69, 9.17) is 9.88 Å². The SMILES string of the molecule is CC1OCCC1C(=O)Nc1c(F)cc(S(N)(=O)=O)cc1F. The van der Waals surface area contributed by atoms with Gasteiger partial charge in [-0.15, -0.1) is 0 Å². The van der Waals surface area contributed by atoms with Crippen LogP contribution in [0.3, 0.4) is 0 Å². The summed E-state index contributed by atoms with van der Waals surface area (Å²) in [6.07, 6.45) is 0.103. The normalized spacial score (nSPS) is 22.3. The Labute approximate surface area is 120 Å². The maximum Gasteiger partial charge on any atom is 0.238 e. The molecule has 1 saturated heterocycles. The molecular formula is C12H14F2N2O4S. The molecule has 1 aromatic rings. The largest absolute Gasteiger partial charge is 0.378 e. The van der Waals surface area contributed by atoms with Crippen molar-refractivity contribution in [2.45, 2.75) is 24.3 Å². The number of hydrogen-bond acceptors (Lipinski definition) is 4. The minimum atomic E-state index is -4.23. The van der Waals surface area contributed by atoms with Gasteiger partial charge in [0.05, 0.1) is 16.9 Å². The zero-order chi connectivity index (χ0) is 15.8. The van der Waals surface area contributed by atoms with E-state index in [1.165, 1.54) is 0 Å². The quantitative estimate of drug-likeness (QED) is 0.867. The van der Waals surface area contributed by atoms with Gasteiger partial charge < -0.3 is 10.1 Å². The maximum absolute atomic E-state index is 13.8. The number of ether oxygens (including phenoxy) is 1. The molecule has 21 heavy (non-hydrogen) atoms. The lowest BCUT2D eigenvalue weighted by Gasteiger charge is -2.15. The number of hydrogen-bond donors (Lipinski definition) is 2. The number of sulfonamides is 1. The van der Waals surface area contributed by atoms with Crippen LogP contribution in [0, 0.1) is 17.6 Å². The Kier molecular flexibility index (Phi) is 4.26. The highest BCUT2D eigenvalue weighted by Crippen LogP contribution is 2.26. The van der Waals surface area contributed by atoms with Crippen LogP contribution in [0.5, 0.6) is 0 Å². The van der Waals surface area contributed by atoms with E-state index in [0.717, 1.165) is 0 Å². The van der Waals surface area contributed by atoms with Gasteiger partial charge in [-0.25, -0.2) is 22.3 Å². The van der Waals surface area contributed by atoms with E-state index in [1.807, 2.05) is 0 Å². The number of carbonyl (C=O) groups excluding carboxylic acids is 1. The van der Waals surface area contributed by atoms with Crippen molar-refractivity contribution < 1.29 is 26.7 Å². The molecule has 0 bridgehead atoms. The van der Waals surface area contributed by atoms with E-state index in [2.05, 4.69) is 5.32 Å². The van der Waals surface area contributed by atoms with Crippen LogP contribution in [0.25, 0.3) is 0 Å². The van der Waals surface area contributed by atoms with Crippen LogP contribution in [0.1, 0.15) is 13.3 Å². The highest BCUT2D eigenvalue weighted by molar-refractivity contribution is 7.89. The molecule has 1 heterocycles. The fourth-order valence-corrected chi connectivity index (χ4v) is 2.66. The Bertz CT molecular complexity index is 655. The molecule has 2 rings (SSSR count). The lowest BCUT2D eigenvalue weighted by Crippen LogP contribution is -2.28.